The van der Waals surface area contributed by atoms with E-state index in [1.54, 1.807) is 6.92 Å². The number of hydrogen-bond acceptors (Lipinski definition) is 6. The molecule has 6 nitrogen and oxygen atoms in total. The summed E-state index contributed by atoms with van der Waals surface area (Å²) < 4.78 is 0. The molecule has 6 heteroatoms. The zero-order valence-corrected chi connectivity index (χ0v) is 14.9. The van der Waals surface area contributed by atoms with Crippen molar-refractivity contribution in [1.29, 1.82) is 0 Å². The summed E-state index contributed by atoms with van der Waals surface area (Å²) in [5.41, 5.74) is -0.183. The van der Waals surface area contributed by atoms with Crippen LogP contribution in [-0.2, 0) is 4.79 Å². The number of hydrogen-bond donors (Lipinski definition) is 3. The maximum absolute atomic E-state index is 12.9. The fraction of sp³-hybridized carbons (Fsp3) is 0.190. The largest absolute Gasteiger partial charge is 0.507 e. The molecule has 27 heavy (non-hydrogen) atoms. The van der Waals surface area contributed by atoms with Crippen molar-refractivity contribution in [1.82, 2.24) is 0 Å². The monoisotopic (exact) mass is 366 g/mol. The van der Waals surface area contributed by atoms with Crippen LogP contribution in [0.15, 0.2) is 30.3 Å². The number of rotatable bonds is 4. The van der Waals surface area contributed by atoms with E-state index < -0.39 is 23.1 Å². The third-order valence-corrected chi connectivity index (χ3v) is 4.53. The summed E-state index contributed by atoms with van der Waals surface area (Å²) in [6.07, 6.45) is 1.83. The SMILES string of the molecule is CCCC(=O)C=C(O)c1c(C)cc2c(c1O)C(=O)c1c(O)cccc1C2=O. The molecule has 0 aromatic heterocycles. The molecule has 0 amide bonds. The van der Waals surface area contributed by atoms with Gasteiger partial charge in [0.15, 0.2) is 11.6 Å². The number of ketones is 3. The van der Waals surface area contributed by atoms with Crippen molar-refractivity contribution in [3.05, 3.63) is 63.7 Å². The maximum atomic E-state index is 12.9. The normalized spacial score (nSPS) is 13.3. The number of aliphatic hydroxyl groups excluding tert-OH is 1. The number of phenolic OH excluding ortho intramolecular Hbond substituents is 2. The lowest BCUT2D eigenvalue weighted by Gasteiger charge is -2.21. The molecule has 0 saturated carbocycles. The molecule has 1 aliphatic carbocycles. The number of aryl methyl sites for hydroxylation is 1. The summed E-state index contributed by atoms with van der Waals surface area (Å²) in [4.78, 5) is 37.4. The minimum Gasteiger partial charge on any atom is -0.507 e. The number of benzene rings is 2. The van der Waals surface area contributed by atoms with Crippen LogP contribution in [0.2, 0.25) is 0 Å². The Morgan fingerprint density at radius 2 is 1.78 bits per heavy atom. The van der Waals surface area contributed by atoms with Gasteiger partial charge < -0.3 is 15.3 Å². The van der Waals surface area contributed by atoms with Crippen molar-refractivity contribution in [2.45, 2.75) is 26.7 Å². The lowest BCUT2D eigenvalue weighted by Crippen LogP contribution is -2.22. The smallest absolute Gasteiger partial charge is 0.201 e. The molecule has 3 rings (SSSR count). The van der Waals surface area contributed by atoms with Crippen LogP contribution in [0, 0.1) is 6.92 Å². The quantitative estimate of drug-likeness (QED) is 0.482. The first-order valence-corrected chi connectivity index (χ1v) is 8.49. The summed E-state index contributed by atoms with van der Waals surface area (Å²) >= 11 is 0. The Kier molecular flexibility index (Phi) is 4.57. The van der Waals surface area contributed by atoms with Crippen LogP contribution in [0.3, 0.4) is 0 Å². The highest BCUT2D eigenvalue weighted by Gasteiger charge is 2.36. The molecule has 0 aliphatic heterocycles. The first kappa shape index (κ1) is 18.4. The van der Waals surface area contributed by atoms with Crippen LogP contribution in [0.4, 0.5) is 0 Å². The van der Waals surface area contributed by atoms with Gasteiger partial charge in [0.2, 0.25) is 5.78 Å². The van der Waals surface area contributed by atoms with Gasteiger partial charge in [-0.25, -0.2) is 0 Å². The van der Waals surface area contributed by atoms with Gasteiger partial charge in [-0.1, -0.05) is 19.1 Å². The van der Waals surface area contributed by atoms with E-state index in [1.807, 2.05) is 6.92 Å². The second kappa shape index (κ2) is 6.72. The van der Waals surface area contributed by atoms with Crippen molar-refractivity contribution in [3.8, 4) is 11.5 Å². The molecule has 3 N–H and O–H groups in total. The Bertz CT molecular complexity index is 1030. The molecule has 0 bridgehead atoms. The van der Waals surface area contributed by atoms with Gasteiger partial charge in [0, 0.05) is 23.6 Å². The lowest BCUT2D eigenvalue weighted by atomic mass is 9.81. The van der Waals surface area contributed by atoms with Crippen molar-refractivity contribution < 1.29 is 29.7 Å². The summed E-state index contributed by atoms with van der Waals surface area (Å²) in [5, 5.41) is 31.0. The summed E-state index contributed by atoms with van der Waals surface area (Å²) in [5.74, 6) is -2.98. The highest BCUT2D eigenvalue weighted by molar-refractivity contribution is 6.30. The van der Waals surface area contributed by atoms with E-state index in [0.717, 1.165) is 6.08 Å². The average molecular weight is 366 g/mol. The minimum atomic E-state index is -0.718. The Balaban J connectivity index is 2.23. The van der Waals surface area contributed by atoms with Gasteiger partial charge in [-0.05, 0) is 31.0 Å². The molecule has 0 spiro atoms. The first-order chi connectivity index (χ1) is 12.8. The first-order valence-electron chi connectivity index (χ1n) is 8.49. The van der Waals surface area contributed by atoms with Crippen LogP contribution in [0.25, 0.3) is 5.76 Å². The van der Waals surface area contributed by atoms with Gasteiger partial charge >= 0.3 is 0 Å². The Morgan fingerprint density at radius 1 is 1.07 bits per heavy atom. The zero-order valence-electron chi connectivity index (χ0n) is 14.9. The molecule has 0 saturated heterocycles. The van der Waals surface area contributed by atoms with Crippen LogP contribution >= 0.6 is 0 Å². The van der Waals surface area contributed by atoms with Crippen LogP contribution < -0.4 is 0 Å². The fourth-order valence-electron chi connectivity index (χ4n) is 3.31. The van der Waals surface area contributed by atoms with Gasteiger partial charge in [0.05, 0.1) is 16.7 Å². The molecule has 0 atom stereocenters. The fourth-order valence-corrected chi connectivity index (χ4v) is 3.31. The third-order valence-electron chi connectivity index (χ3n) is 4.53. The van der Waals surface area contributed by atoms with Crippen molar-refractivity contribution in [3.63, 3.8) is 0 Å². The van der Waals surface area contributed by atoms with Gasteiger partial charge in [-0.15, -0.1) is 0 Å². The molecular formula is C21H18O6. The molecule has 2 aromatic rings. The molecule has 0 unspecified atom stereocenters. The molecule has 138 valence electrons. The molecule has 0 radical (unpaired) electrons. The molecule has 1 aliphatic rings. The second-order valence-electron chi connectivity index (χ2n) is 6.44. The van der Waals surface area contributed by atoms with Crippen LogP contribution in [0.1, 0.15) is 62.7 Å². The van der Waals surface area contributed by atoms with Crippen LogP contribution in [0.5, 0.6) is 11.5 Å². The summed E-state index contributed by atoms with van der Waals surface area (Å²) in [7, 11) is 0. The minimum absolute atomic E-state index is 0.00969. The van der Waals surface area contributed by atoms with Crippen LogP contribution in [-0.4, -0.2) is 32.7 Å². The summed E-state index contributed by atoms with van der Waals surface area (Å²) in [6, 6.07) is 5.56. The molecular weight excluding hydrogens is 348 g/mol. The van der Waals surface area contributed by atoms with E-state index >= 15 is 0 Å². The highest BCUT2D eigenvalue weighted by Crippen LogP contribution is 2.41. The molecule has 2 aromatic carbocycles. The molecule has 0 heterocycles. The van der Waals surface area contributed by atoms with Gasteiger partial charge in [0.25, 0.3) is 0 Å². The predicted octanol–water partition coefficient (Wildman–Crippen LogP) is 3.45. The summed E-state index contributed by atoms with van der Waals surface area (Å²) in [6.45, 7) is 3.37. The van der Waals surface area contributed by atoms with Gasteiger partial charge in [0.1, 0.15) is 17.3 Å². The van der Waals surface area contributed by atoms with Gasteiger partial charge in [-0.3, -0.25) is 14.4 Å². The Labute approximate surface area is 155 Å². The molecule has 0 fully saturated rings. The highest BCUT2D eigenvalue weighted by atomic mass is 16.3. The van der Waals surface area contributed by atoms with E-state index in [1.165, 1.54) is 24.3 Å². The Hall–Kier alpha value is -3.41. The second-order valence-corrected chi connectivity index (χ2v) is 6.44. The van der Waals surface area contributed by atoms with E-state index in [2.05, 4.69) is 0 Å². The predicted molar refractivity (Wildman–Crippen MR) is 98.3 cm³/mol. The maximum Gasteiger partial charge on any atom is 0.201 e. The lowest BCUT2D eigenvalue weighted by molar-refractivity contribution is -0.114. The topological polar surface area (TPSA) is 112 Å². The Morgan fingerprint density at radius 3 is 2.44 bits per heavy atom. The van der Waals surface area contributed by atoms with E-state index in [-0.39, 0.29) is 45.8 Å². The van der Waals surface area contributed by atoms with Crippen molar-refractivity contribution in [2.75, 3.05) is 0 Å². The number of fused-ring (bicyclic) bond motifs is 2. The number of phenols is 2. The number of carbonyl (C=O) groups excluding carboxylic acids is 3. The zero-order chi connectivity index (χ0) is 19.9. The average Bonchev–Trinajstić information content (AvgIpc) is 2.59. The van der Waals surface area contributed by atoms with Gasteiger partial charge in [-0.2, -0.15) is 0 Å². The van der Waals surface area contributed by atoms with E-state index in [9.17, 15) is 29.7 Å². The number of aliphatic hydroxyl groups is 1. The van der Waals surface area contributed by atoms with Crippen molar-refractivity contribution >= 4 is 23.1 Å². The van der Waals surface area contributed by atoms with E-state index in [0.29, 0.717) is 12.0 Å². The standard InChI is InChI=1S/C21H18O6/c1-3-5-11(22)9-15(24)16-10(2)8-13-18(20(16)26)21(27)17-12(19(13)25)6-4-7-14(17)23/h4,6-9,23-24,26H,3,5H2,1-2H3. The third kappa shape index (κ3) is 2.89. The number of aromatic hydroxyl groups is 2. The van der Waals surface area contributed by atoms with Crippen molar-refractivity contribution in [2.24, 2.45) is 0 Å². The number of carbonyl (C=O) groups is 3. The van der Waals surface area contributed by atoms with E-state index in [4.69, 9.17) is 0 Å². The number of allylic oxidation sites excluding steroid dienone is 1.